The van der Waals surface area contributed by atoms with Crippen molar-refractivity contribution < 1.29 is 14.3 Å². The van der Waals surface area contributed by atoms with E-state index in [9.17, 15) is 4.79 Å². The van der Waals surface area contributed by atoms with Crippen LogP contribution in [0.4, 0.5) is 0 Å². The molecule has 0 radical (unpaired) electrons. The minimum Gasteiger partial charge on any atom is -0.481 e. The maximum Gasteiger partial charge on any atom is 0.303 e. The highest BCUT2D eigenvalue weighted by molar-refractivity contribution is 5.66. The monoisotopic (exact) mass is 237 g/mol. The van der Waals surface area contributed by atoms with Gasteiger partial charge in [-0.05, 0) is 44.3 Å². The number of nitrogens with zero attached hydrogens (tertiary/aromatic N) is 1. The minimum atomic E-state index is -0.675. The van der Waals surface area contributed by atoms with Gasteiger partial charge < -0.3 is 9.52 Å². The molecule has 4 heteroatoms. The van der Waals surface area contributed by atoms with Crippen LogP contribution >= 0.6 is 0 Å². The smallest absolute Gasteiger partial charge is 0.303 e. The Morgan fingerprint density at radius 1 is 1.47 bits per heavy atom. The molecule has 0 aromatic carbocycles. The second-order valence-electron chi connectivity index (χ2n) is 4.78. The number of aliphatic carboxylic acids is 1. The number of carboxylic acid groups (broad SMARTS) is 1. The van der Waals surface area contributed by atoms with Crippen molar-refractivity contribution >= 4 is 5.97 Å². The highest BCUT2D eigenvalue weighted by Crippen LogP contribution is 2.23. The fourth-order valence-corrected chi connectivity index (χ4v) is 2.40. The van der Waals surface area contributed by atoms with Gasteiger partial charge in [0.1, 0.15) is 0 Å². The molecule has 0 spiro atoms. The van der Waals surface area contributed by atoms with Crippen molar-refractivity contribution in [2.45, 2.75) is 32.2 Å². The molecule has 4 nitrogen and oxygen atoms in total. The first-order valence-electron chi connectivity index (χ1n) is 6.19. The van der Waals surface area contributed by atoms with Crippen LogP contribution in [0.2, 0.25) is 0 Å². The first-order chi connectivity index (χ1) is 8.24. The number of likely N-dealkylation sites (tertiary alicyclic amines) is 1. The van der Waals surface area contributed by atoms with Crippen molar-refractivity contribution in [1.29, 1.82) is 0 Å². The Bertz CT molecular complexity index is 340. The summed E-state index contributed by atoms with van der Waals surface area (Å²) in [4.78, 5) is 12.9. The molecule has 0 atom stereocenters. The second kappa shape index (κ2) is 5.87. The van der Waals surface area contributed by atoms with Gasteiger partial charge in [0.05, 0.1) is 12.5 Å². The third kappa shape index (κ3) is 3.89. The van der Waals surface area contributed by atoms with Gasteiger partial charge >= 0.3 is 5.97 Å². The van der Waals surface area contributed by atoms with Crippen LogP contribution in [0.15, 0.2) is 23.0 Å². The van der Waals surface area contributed by atoms with E-state index in [-0.39, 0.29) is 0 Å². The molecule has 2 rings (SSSR count). The number of hydrogen-bond acceptors (Lipinski definition) is 3. The largest absolute Gasteiger partial charge is 0.481 e. The Balaban J connectivity index is 1.69. The molecule has 1 aliphatic heterocycles. The lowest BCUT2D eigenvalue weighted by molar-refractivity contribution is -0.137. The molecular weight excluding hydrogens is 218 g/mol. The van der Waals surface area contributed by atoms with E-state index in [0.717, 1.165) is 38.9 Å². The Kier molecular flexibility index (Phi) is 4.20. The van der Waals surface area contributed by atoms with E-state index >= 15 is 0 Å². The lowest BCUT2D eigenvalue weighted by Crippen LogP contribution is -2.33. The second-order valence-corrected chi connectivity index (χ2v) is 4.78. The van der Waals surface area contributed by atoms with Crippen molar-refractivity contribution in [2.24, 2.45) is 5.92 Å². The predicted octanol–water partition coefficient (Wildman–Crippen LogP) is 2.36. The summed E-state index contributed by atoms with van der Waals surface area (Å²) in [5.41, 5.74) is 1.22. The average molecular weight is 237 g/mol. The quantitative estimate of drug-likeness (QED) is 0.854. The number of furan rings is 1. The highest BCUT2D eigenvalue weighted by atomic mass is 16.4. The van der Waals surface area contributed by atoms with Crippen molar-refractivity contribution in [2.75, 3.05) is 13.1 Å². The molecule has 1 aromatic heterocycles. The van der Waals surface area contributed by atoms with Crippen LogP contribution in [-0.2, 0) is 11.3 Å². The number of carbonyl (C=O) groups is 1. The van der Waals surface area contributed by atoms with E-state index in [1.807, 2.05) is 6.07 Å². The van der Waals surface area contributed by atoms with Gasteiger partial charge in [-0.25, -0.2) is 0 Å². The number of carboxylic acids is 1. The van der Waals surface area contributed by atoms with Gasteiger partial charge in [-0.1, -0.05) is 0 Å². The van der Waals surface area contributed by atoms with Crippen LogP contribution in [0.1, 0.15) is 31.2 Å². The normalized spacial score (nSPS) is 18.4. The lowest BCUT2D eigenvalue weighted by atomic mass is 9.92. The fraction of sp³-hybridized carbons (Fsp3) is 0.615. The van der Waals surface area contributed by atoms with E-state index in [2.05, 4.69) is 4.90 Å². The molecule has 0 amide bonds. The van der Waals surface area contributed by atoms with Gasteiger partial charge in [0.2, 0.25) is 0 Å². The molecule has 1 aromatic rings. The molecule has 1 N–H and O–H groups in total. The van der Waals surface area contributed by atoms with Crippen molar-refractivity contribution in [3.05, 3.63) is 24.2 Å². The summed E-state index contributed by atoms with van der Waals surface area (Å²) in [5, 5.41) is 8.65. The van der Waals surface area contributed by atoms with Gasteiger partial charge in [0.25, 0.3) is 0 Å². The third-order valence-corrected chi connectivity index (χ3v) is 3.46. The van der Waals surface area contributed by atoms with Crippen LogP contribution in [0.3, 0.4) is 0 Å². The summed E-state index contributed by atoms with van der Waals surface area (Å²) >= 11 is 0. The SMILES string of the molecule is O=C(O)CCC1CCN(Cc2ccoc2)CC1. The molecular formula is C13H19NO3. The van der Waals surface area contributed by atoms with Gasteiger partial charge in [0, 0.05) is 18.5 Å². The van der Waals surface area contributed by atoms with Gasteiger partial charge in [-0.2, -0.15) is 0 Å². The number of rotatable bonds is 5. The summed E-state index contributed by atoms with van der Waals surface area (Å²) in [5.74, 6) is -0.0856. The Morgan fingerprint density at radius 2 is 2.24 bits per heavy atom. The molecule has 0 bridgehead atoms. The third-order valence-electron chi connectivity index (χ3n) is 3.46. The van der Waals surface area contributed by atoms with Crippen molar-refractivity contribution in [3.63, 3.8) is 0 Å². The summed E-state index contributed by atoms with van der Waals surface area (Å²) in [6.07, 6.45) is 6.86. The fourth-order valence-electron chi connectivity index (χ4n) is 2.40. The molecule has 94 valence electrons. The van der Waals surface area contributed by atoms with Gasteiger partial charge in [-0.15, -0.1) is 0 Å². The number of hydrogen-bond donors (Lipinski definition) is 1. The zero-order valence-corrected chi connectivity index (χ0v) is 9.97. The summed E-state index contributed by atoms with van der Waals surface area (Å²) < 4.78 is 5.05. The molecule has 0 unspecified atom stereocenters. The lowest BCUT2D eigenvalue weighted by Gasteiger charge is -2.31. The minimum absolute atomic E-state index is 0.312. The Morgan fingerprint density at radius 3 is 2.82 bits per heavy atom. The van der Waals surface area contributed by atoms with Crippen LogP contribution in [-0.4, -0.2) is 29.1 Å². The first kappa shape index (κ1) is 12.2. The molecule has 1 saturated heterocycles. The molecule has 17 heavy (non-hydrogen) atoms. The van der Waals surface area contributed by atoms with Gasteiger partial charge in [0.15, 0.2) is 0 Å². The van der Waals surface area contributed by atoms with E-state index in [0.29, 0.717) is 12.3 Å². The molecule has 0 saturated carbocycles. The molecule has 0 aliphatic carbocycles. The zero-order chi connectivity index (χ0) is 12.1. The summed E-state index contributed by atoms with van der Waals surface area (Å²) in [7, 11) is 0. The van der Waals surface area contributed by atoms with Crippen molar-refractivity contribution in [1.82, 2.24) is 4.90 Å². The van der Waals surface area contributed by atoms with Gasteiger partial charge in [-0.3, -0.25) is 9.69 Å². The maximum atomic E-state index is 10.5. The topological polar surface area (TPSA) is 53.7 Å². The standard InChI is InChI=1S/C13H19NO3/c15-13(16)2-1-11-3-6-14(7-4-11)9-12-5-8-17-10-12/h5,8,10-11H,1-4,6-7,9H2,(H,15,16). The van der Waals surface area contributed by atoms with E-state index in [1.165, 1.54) is 5.56 Å². The highest BCUT2D eigenvalue weighted by Gasteiger charge is 2.19. The average Bonchev–Trinajstić information content (AvgIpc) is 2.81. The molecule has 1 fully saturated rings. The Labute approximate surface area is 101 Å². The van der Waals surface area contributed by atoms with Crippen LogP contribution < -0.4 is 0 Å². The van der Waals surface area contributed by atoms with Crippen molar-refractivity contribution in [3.8, 4) is 0 Å². The molecule has 2 heterocycles. The van der Waals surface area contributed by atoms with Crippen LogP contribution in [0.5, 0.6) is 0 Å². The first-order valence-corrected chi connectivity index (χ1v) is 6.19. The molecule has 1 aliphatic rings. The van der Waals surface area contributed by atoms with E-state index < -0.39 is 5.97 Å². The number of piperidine rings is 1. The van der Waals surface area contributed by atoms with Crippen LogP contribution in [0, 0.1) is 5.92 Å². The maximum absolute atomic E-state index is 10.5. The predicted molar refractivity (Wildman–Crippen MR) is 63.6 cm³/mol. The van der Waals surface area contributed by atoms with E-state index in [1.54, 1.807) is 12.5 Å². The Hall–Kier alpha value is -1.29. The van der Waals surface area contributed by atoms with Crippen LogP contribution in [0.25, 0.3) is 0 Å². The zero-order valence-electron chi connectivity index (χ0n) is 9.97. The summed E-state index contributed by atoms with van der Waals surface area (Å²) in [6.45, 7) is 3.08. The summed E-state index contributed by atoms with van der Waals surface area (Å²) in [6, 6.07) is 2.00. The van der Waals surface area contributed by atoms with E-state index in [4.69, 9.17) is 9.52 Å².